The number of carbonyl (C=O) groups is 2. The van der Waals surface area contributed by atoms with Gasteiger partial charge in [0.25, 0.3) is 0 Å². The van der Waals surface area contributed by atoms with Crippen LogP contribution in [0.25, 0.3) is 6.08 Å². The van der Waals surface area contributed by atoms with Crippen LogP contribution in [0.1, 0.15) is 5.56 Å². The summed E-state index contributed by atoms with van der Waals surface area (Å²) in [6, 6.07) is 1.06. The fourth-order valence-electron chi connectivity index (χ4n) is 1.36. The van der Waals surface area contributed by atoms with E-state index >= 15 is 0 Å². The predicted molar refractivity (Wildman–Crippen MR) is 56.1 cm³/mol. The number of amides is 3. The third kappa shape index (κ3) is 1.80. The molecular formula is C9H8ClN3O3. The molecule has 1 aromatic rings. The number of halogens is 1. The molecule has 0 aliphatic carbocycles. The minimum atomic E-state index is -0.851. The van der Waals surface area contributed by atoms with Crippen molar-refractivity contribution in [1.82, 2.24) is 9.91 Å². The first kappa shape index (κ1) is 10.7. The maximum atomic E-state index is 11.4. The van der Waals surface area contributed by atoms with Crippen molar-refractivity contribution in [2.45, 2.75) is 0 Å². The van der Waals surface area contributed by atoms with Gasteiger partial charge in [0.1, 0.15) is 0 Å². The quantitative estimate of drug-likeness (QED) is 0.350. The molecule has 0 spiro atoms. The topological polar surface area (TPSA) is 79.8 Å². The van der Waals surface area contributed by atoms with Gasteiger partial charge in [-0.15, -0.1) is 0 Å². The molecule has 1 aliphatic heterocycles. The van der Waals surface area contributed by atoms with Gasteiger partial charge < -0.3 is 4.42 Å². The number of hydrogen-bond acceptors (Lipinski definition) is 4. The van der Waals surface area contributed by atoms with E-state index in [0.717, 1.165) is 15.5 Å². The van der Waals surface area contributed by atoms with E-state index in [4.69, 9.17) is 21.9 Å². The molecule has 1 saturated heterocycles. The van der Waals surface area contributed by atoms with Gasteiger partial charge in [-0.25, -0.2) is 20.5 Å². The van der Waals surface area contributed by atoms with Crippen LogP contribution in [0.15, 0.2) is 28.7 Å². The summed E-state index contributed by atoms with van der Waals surface area (Å²) in [6.45, 7) is 0.0584. The summed E-state index contributed by atoms with van der Waals surface area (Å²) in [7, 11) is 0. The molecule has 1 fully saturated rings. The van der Waals surface area contributed by atoms with E-state index < -0.39 is 11.4 Å². The highest BCUT2D eigenvalue weighted by Gasteiger charge is 2.34. The van der Waals surface area contributed by atoms with Crippen LogP contribution in [0.5, 0.6) is 0 Å². The molecule has 0 saturated carbocycles. The van der Waals surface area contributed by atoms with Crippen molar-refractivity contribution in [2.75, 3.05) is 6.54 Å². The molecule has 16 heavy (non-hydrogen) atoms. The number of rotatable bonds is 1. The van der Waals surface area contributed by atoms with Gasteiger partial charge in [-0.3, -0.25) is 4.79 Å². The first-order chi connectivity index (χ1) is 7.59. The van der Waals surface area contributed by atoms with Crippen molar-refractivity contribution in [2.24, 2.45) is 5.84 Å². The largest absolute Gasteiger partial charge is 0.472 e. The molecule has 6 nitrogen and oxygen atoms in total. The number of nitrogens with zero attached hydrogens (tertiary/aromatic N) is 2. The average molecular weight is 242 g/mol. The van der Waals surface area contributed by atoms with Gasteiger partial charge >= 0.3 is 11.4 Å². The van der Waals surface area contributed by atoms with Gasteiger partial charge in [0, 0.05) is 5.56 Å². The number of furan rings is 1. The Morgan fingerprint density at radius 1 is 1.62 bits per heavy atom. The molecule has 2 rings (SSSR count). The van der Waals surface area contributed by atoms with Crippen molar-refractivity contribution in [3.05, 3.63) is 29.9 Å². The molecule has 1 aliphatic rings. The van der Waals surface area contributed by atoms with Crippen LogP contribution >= 0.6 is 11.6 Å². The lowest BCUT2D eigenvalue weighted by Gasteiger charge is -2.08. The number of nitrogens with two attached hydrogens (primary N) is 1. The van der Waals surface area contributed by atoms with Gasteiger partial charge in [-0.2, -0.15) is 0 Å². The van der Waals surface area contributed by atoms with E-state index in [0.29, 0.717) is 5.70 Å². The van der Waals surface area contributed by atoms with Crippen LogP contribution in [-0.2, 0) is 0 Å². The van der Waals surface area contributed by atoms with Crippen molar-refractivity contribution < 1.29 is 14.0 Å². The molecule has 2 heterocycles. The van der Waals surface area contributed by atoms with E-state index in [9.17, 15) is 9.59 Å². The lowest BCUT2D eigenvalue weighted by molar-refractivity contribution is 0.196. The van der Waals surface area contributed by atoms with E-state index in [1.165, 1.54) is 12.5 Å². The van der Waals surface area contributed by atoms with Crippen LogP contribution < -0.4 is 5.84 Å². The molecule has 0 atom stereocenters. The molecule has 84 valence electrons. The van der Waals surface area contributed by atoms with Crippen molar-refractivity contribution in [1.29, 1.82) is 0 Å². The lowest BCUT2D eigenvalue weighted by atomic mass is 10.3. The van der Waals surface area contributed by atoms with Gasteiger partial charge in [0.2, 0.25) is 0 Å². The summed E-state index contributed by atoms with van der Waals surface area (Å²) in [6.07, 6.45) is 4.63. The normalized spacial score (nSPS) is 18.6. The molecule has 0 radical (unpaired) electrons. The molecule has 3 amide bonds. The van der Waals surface area contributed by atoms with E-state index in [2.05, 4.69) is 0 Å². The summed E-state index contributed by atoms with van der Waals surface area (Å²) in [5, 5.41) is 0.0313. The van der Waals surface area contributed by atoms with Gasteiger partial charge in [0.05, 0.1) is 24.8 Å². The summed E-state index contributed by atoms with van der Waals surface area (Å²) in [5.41, 5.74) is 1.22. The minimum Gasteiger partial charge on any atom is -0.472 e. The van der Waals surface area contributed by atoms with Crippen LogP contribution in [0, 0.1) is 0 Å². The van der Waals surface area contributed by atoms with Crippen molar-refractivity contribution >= 4 is 29.1 Å². The zero-order valence-electron chi connectivity index (χ0n) is 8.09. The van der Waals surface area contributed by atoms with Crippen LogP contribution in [0.3, 0.4) is 0 Å². The smallest absolute Gasteiger partial charge is 0.346 e. The standard InChI is InChI=1S/C9H8ClN3O3/c10-8(14)12-4-7(13(11)9(12)15)3-6-1-2-16-5-6/h1-3,5H,4,11H2. The number of carbonyl (C=O) groups excluding carboxylic acids is 2. The second kappa shape index (κ2) is 3.99. The third-order valence-corrected chi connectivity index (χ3v) is 2.36. The number of hydrazine groups is 1. The Hall–Kier alpha value is -1.79. The Kier molecular flexibility index (Phi) is 2.67. The number of hydrogen-bond donors (Lipinski definition) is 1. The third-order valence-electron chi connectivity index (χ3n) is 2.16. The molecule has 1 aromatic heterocycles. The minimum absolute atomic E-state index is 0.0584. The molecule has 0 bridgehead atoms. The number of urea groups is 1. The van der Waals surface area contributed by atoms with Crippen molar-refractivity contribution in [3.8, 4) is 0 Å². The summed E-state index contributed by atoms with van der Waals surface area (Å²) < 4.78 is 4.87. The van der Waals surface area contributed by atoms with Gasteiger partial charge in [0.15, 0.2) is 0 Å². The van der Waals surface area contributed by atoms with Gasteiger partial charge in [-0.1, -0.05) is 0 Å². The summed E-state index contributed by atoms with van der Waals surface area (Å²) in [4.78, 5) is 23.2. The Bertz CT molecular complexity index is 455. The SMILES string of the molecule is NN1C(=O)N(C(=O)Cl)CC1=Cc1ccoc1. The Morgan fingerprint density at radius 2 is 2.38 bits per heavy atom. The summed E-state index contributed by atoms with van der Waals surface area (Å²) >= 11 is 5.23. The molecular weight excluding hydrogens is 234 g/mol. The first-order valence-corrected chi connectivity index (χ1v) is 4.76. The molecule has 7 heteroatoms. The zero-order valence-corrected chi connectivity index (χ0v) is 8.85. The Morgan fingerprint density at radius 3 is 2.88 bits per heavy atom. The molecule has 0 aromatic carbocycles. The Balaban J connectivity index is 2.26. The maximum absolute atomic E-state index is 11.4. The summed E-state index contributed by atoms with van der Waals surface area (Å²) in [5.74, 6) is 5.50. The fourth-order valence-corrected chi connectivity index (χ4v) is 1.49. The monoisotopic (exact) mass is 241 g/mol. The van der Waals surface area contributed by atoms with Crippen LogP contribution in [0.2, 0.25) is 0 Å². The van der Waals surface area contributed by atoms with E-state index in [1.807, 2.05) is 0 Å². The first-order valence-electron chi connectivity index (χ1n) is 4.38. The molecule has 2 N–H and O–H groups in total. The lowest BCUT2D eigenvalue weighted by Crippen LogP contribution is -2.36. The zero-order chi connectivity index (χ0) is 11.7. The van der Waals surface area contributed by atoms with Crippen LogP contribution in [0.4, 0.5) is 9.59 Å². The van der Waals surface area contributed by atoms with Crippen LogP contribution in [-0.4, -0.2) is 27.9 Å². The highest BCUT2D eigenvalue weighted by molar-refractivity contribution is 6.64. The Labute approximate surface area is 95.8 Å². The predicted octanol–water partition coefficient (Wildman–Crippen LogP) is 1.59. The fraction of sp³-hybridized carbons (Fsp3) is 0.111. The number of imide groups is 1. The van der Waals surface area contributed by atoms with E-state index in [1.54, 1.807) is 12.1 Å². The highest BCUT2D eigenvalue weighted by Crippen LogP contribution is 2.20. The molecule has 0 unspecified atom stereocenters. The highest BCUT2D eigenvalue weighted by atomic mass is 35.5. The second-order valence-electron chi connectivity index (χ2n) is 3.18. The maximum Gasteiger partial charge on any atom is 0.346 e. The second-order valence-corrected chi connectivity index (χ2v) is 3.51. The average Bonchev–Trinajstić information content (AvgIpc) is 2.82. The van der Waals surface area contributed by atoms with Crippen molar-refractivity contribution in [3.63, 3.8) is 0 Å². The van der Waals surface area contributed by atoms with Gasteiger partial charge in [-0.05, 0) is 23.7 Å². The van der Waals surface area contributed by atoms with E-state index in [-0.39, 0.29) is 6.54 Å².